The zero-order chi connectivity index (χ0) is 23.1. The van der Waals surface area contributed by atoms with Gasteiger partial charge < -0.3 is 23.8 Å². The summed E-state index contributed by atoms with van der Waals surface area (Å²) in [6.45, 7) is 2.64. The maximum atomic E-state index is 13.3. The summed E-state index contributed by atoms with van der Waals surface area (Å²) in [5, 5.41) is 3.97. The van der Waals surface area contributed by atoms with Crippen molar-refractivity contribution in [2.24, 2.45) is 0 Å². The molecule has 32 heavy (non-hydrogen) atoms. The van der Waals surface area contributed by atoms with Gasteiger partial charge in [0, 0.05) is 26.2 Å². The van der Waals surface area contributed by atoms with E-state index in [9.17, 15) is 9.59 Å². The highest BCUT2D eigenvalue weighted by molar-refractivity contribution is 5.95. The molecule has 0 aliphatic rings. The van der Waals surface area contributed by atoms with Crippen molar-refractivity contribution in [2.75, 3.05) is 34.4 Å². The van der Waals surface area contributed by atoms with Gasteiger partial charge in [-0.1, -0.05) is 35.5 Å². The number of hydrogen-bond donors (Lipinski definition) is 0. The molecular formula is C24H27N3O5. The molecule has 1 heterocycles. The molecule has 2 aromatic carbocycles. The van der Waals surface area contributed by atoms with Crippen LogP contribution in [-0.4, -0.2) is 61.1 Å². The first-order valence-corrected chi connectivity index (χ1v) is 10.2. The molecule has 0 saturated heterocycles. The molecule has 1 aromatic heterocycles. The zero-order valence-corrected chi connectivity index (χ0v) is 18.7. The first-order valence-electron chi connectivity index (χ1n) is 10.2. The van der Waals surface area contributed by atoms with E-state index in [0.717, 1.165) is 5.56 Å². The highest BCUT2D eigenvalue weighted by Crippen LogP contribution is 2.34. The van der Waals surface area contributed by atoms with Crippen LogP contribution in [-0.2, 0) is 11.3 Å². The van der Waals surface area contributed by atoms with E-state index in [1.807, 2.05) is 37.3 Å². The van der Waals surface area contributed by atoms with E-state index in [0.29, 0.717) is 29.4 Å². The number of benzene rings is 2. The van der Waals surface area contributed by atoms with E-state index in [-0.39, 0.29) is 24.7 Å². The van der Waals surface area contributed by atoms with Gasteiger partial charge in [0.15, 0.2) is 11.5 Å². The van der Waals surface area contributed by atoms with Gasteiger partial charge in [-0.05, 0) is 30.7 Å². The number of likely N-dealkylation sites (N-methyl/N-ethyl adjacent to an activating group) is 1. The largest absolute Gasteiger partial charge is 0.497 e. The maximum Gasteiger partial charge on any atom is 0.276 e. The topological polar surface area (TPSA) is 85.1 Å². The van der Waals surface area contributed by atoms with E-state index in [1.165, 1.54) is 4.90 Å². The van der Waals surface area contributed by atoms with Gasteiger partial charge in [0.2, 0.25) is 5.91 Å². The monoisotopic (exact) mass is 437 g/mol. The number of ether oxygens (including phenoxy) is 2. The van der Waals surface area contributed by atoms with Crippen LogP contribution in [0.5, 0.6) is 11.5 Å². The van der Waals surface area contributed by atoms with Crippen LogP contribution in [0.15, 0.2) is 59.1 Å². The average molecular weight is 437 g/mol. The second-order valence-corrected chi connectivity index (χ2v) is 7.20. The fourth-order valence-electron chi connectivity index (χ4n) is 3.14. The number of carbonyl (C=O) groups is 2. The molecule has 0 radical (unpaired) electrons. The smallest absolute Gasteiger partial charge is 0.276 e. The van der Waals surface area contributed by atoms with Crippen LogP contribution in [0.3, 0.4) is 0 Å². The minimum Gasteiger partial charge on any atom is -0.497 e. The van der Waals surface area contributed by atoms with E-state index in [1.54, 1.807) is 50.4 Å². The Labute approximate surface area is 187 Å². The lowest BCUT2D eigenvalue weighted by Crippen LogP contribution is -2.41. The first-order chi connectivity index (χ1) is 15.5. The summed E-state index contributed by atoms with van der Waals surface area (Å²) >= 11 is 0. The molecule has 0 aliphatic carbocycles. The lowest BCUT2D eigenvalue weighted by atomic mass is 10.1. The number of methoxy groups -OCH3 is 2. The Morgan fingerprint density at radius 1 is 1.03 bits per heavy atom. The van der Waals surface area contributed by atoms with Crippen molar-refractivity contribution in [3.05, 3.63) is 65.9 Å². The molecule has 168 valence electrons. The van der Waals surface area contributed by atoms with Crippen LogP contribution >= 0.6 is 0 Å². The normalized spacial score (nSPS) is 10.5. The summed E-state index contributed by atoms with van der Waals surface area (Å²) in [6, 6.07) is 16.3. The van der Waals surface area contributed by atoms with E-state index in [2.05, 4.69) is 5.16 Å². The quantitative estimate of drug-likeness (QED) is 0.510. The molecular weight excluding hydrogens is 410 g/mol. The molecule has 2 amide bonds. The van der Waals surface area contributed by atoms with E-state index in [4.69, 9.17) is 14.0 Å². The van der Waals surface area contributed by atoms with Crippen molar-refractivity contribution in [2.45, 2.75) is 13.5 Å². The summed E-state index contributed by atoms with van der Waals surface area (Å²) in [7, 11) is 4.81. The van der Waals surface area contributed by atoms with Crippen LogP contribution < -0.4 is 9.47 Å². The first kappa shape index (κ1) is 22.9. The van der Waals surface area contributed by atoms with Gasteiger partial charge in [-0.2, -0.15) is 0 Å². The third kappa shape index (κ3) is 5.26. The highest BCUT2D eigenvalue weighted by atomic mass is 16.5. The standard InChI is InChI=1S/C24H27N3O5/c1-5-26(2)23(28)16-27(15-17-9-7-6-8-10-17)24(29)20-14-22(32-25-20)19-13-18(30-3)11-12-21(19)31-4/h6-14H,5,15-16H2,1-4H3. The fraction of sp³-hybridized carbons (Fsp3) is 0.292. The number of nitrogens with zero attached hydrogens (tertiary/aromatic N) is 3. The van der Waals surface area contributed by atoms with Crippen LogP contribution in [0.2, 0.25) is 0 Å². The molecule has 8 nitrogen and oxygen atoms in total. The molecule has 0 atom stereocenters. The van der Waals surface area contributed by atoms with Crippen molar-refractivity contribution >= 4 is 11.8 Å². The van der Waals surface area contributed by atoms with Crippen molar-refractivity contribution < 1.29 is 23.6 Å². The second-order valence-electron chi connectivity index (χ2n) is 7.20. The predicted octanol–water partition coefficient (Wildman–Crippen LogP) is 3.48. The minimum atomic E-state index is -0.399. The Kier molecular flexibility index (Phi) is 7.49. The Bertz CT molecular complexity index is 1060. The number of carbonyl (C=O) groups excluding carboxylic acids is 2. The van der Waals surface area contributed by atoms with Gasteiger partial charge in [0.05, 0.1) is 19.8 Å². The van der Waals surface area contributed by atoms with Gasteiger partial charge in [-0.3, -0.25) is 9.59 Å². The number of hydrogen-bond acceptors (Lipinski definition) is 6. The van der Waals surface area contributed by atoms with Gasteiger partial charge in [-0.15, -0.1) is 0 Å². The number of amides is 2. The van der Waals surface area contributed by atoms with E-state index >= 15 is 0 Å². The van der Waals surface area contributed by atoms with E-state index < -0.39 is 5.91 Å². The van der Waals surface area contributed by atoms with Crippen molar-refractivity contribution in [3.8, 4) is 22.8 Å². The highest BCUT2D eigenvalue weighted by Gasteiger charge is 2.25. The zero-order valence-electron chi connectivity index (χ0n) is 18.7. The molecule has 0 unspecified atom stereocenters. The van der Waals surface area contributed by atoms with Gasteiger partial charge in [-0.25, -0.2) is 0 Å². The third-order valence-corrected chi connectivity index (χ3v) is 5.13. The molecule has 0 spiro atoms. The van der Waals surface area contributed by atoms with Crippen molar-refractivity contribution in [1.29, 1.82) is 0 Å². The second kappa shape index (κ2) is 10.5. The van der Waals surface area contributed by atoms with Crippen molar-refractivity contribution in [3.63, 3.8) is 0 Å². The summed E-state index contributed by atoms with van der Waals surface area (Å²) in [5.74, 6) is 0.977. The average Bonchev–Trinajstić information content (AvgIpc) is 3.32. The Morgan fingerprint density at radius 2 is 1.78 bits per heavy atom. The predicted molar refractivity (Wildman–Crippen MR) is 120 cm³/mol. The Hall–Kier alpha value is -3.81. The lowest BCUT2D eigenvalue weighted by Gasteiger charge is -2.24. The molecule has 8 heteroatoms. The van der Waals surface area contributed by atoms with Gasteiger partial charge in [0.1, 0.15) is 18.0 Å². The molecule has 3 aromatic rings. The van der Waals surface area contributed by atoms with Gasteiger partial charge >= 0.3 is 0 Å². The Morgan fingerprint density at radius 3 is 2.44 bits per heavy atom. The molecule has 0 bridgehead atoms. The summed E-state index contributed by atoms with van der Waals surface area (Å²) in [4.78, 5) is 28.9. The van der Waals surface area contributed by atoms with Crippen molar-refractivity contribution in [1.82, 2.24) is 15.0 Å². The SMILES string of the molecule is CCN(C)C(=O)CN(Cc1ccccc1)C(=O)c1cc(-c2cc(OC)ccc2OC)on1. The fourth-order valence-corrected chi connectivity index (χ4v) is 3.14. The molecule has 3 rings (SSSR count). The summed E-state index contributed by atoms with van der Waals surface area (Å²) in [5.41, 5.74) is 1.62. The van der Waals surface area contributed by atoms with Crippen LogP contribution in [0, 0.1) is 0 Å². The summed E-state index contributed by atoms with van der Waals surface area (Å²) in [6.07, 6.45) is 0. The number of rotatable bonds is 9. The van der Waals surface area contributed by atoms with Crippen LogP contribution in [0.1, 0.15) is 23.0 Å². The van der Waals surface area contributed by atoms with Crippen LogP contribution in [0.4, 0.5) is 0 Å². The van der Waals surface area contributed by atoms with Crippen LogP contribution in [0.25, 0.3) is 11.3 Å². The molecule has 0 fully saturated rings. The van der Waals surface area contributed by atoms with Gasteiger partial charge in [0.25, 0.3) is 5.91 Å². The maximum absolute atomic E-state index is 13.3. The Balaban J connectivity index is 1.90. The lowest BCUT2D eigenvalue weighted by molar-refractivity contribution is -0.130. The molecule has 0 N–H and O–H groups in total. The molecule has 0 saturated carbocycles. The summed E-state index contributed by atoms with van der Waals surface area (Å²) < 4.78 is 16.1. The minimum absolute atomic E-state index is 0.0667. The molecule has 0 aliphatic heterocycles. The third-order valence-electron chi connectivity index (χ3n) is 5.13. The number of aromatic nitrogens is 1.